The van der Waals surface area contributed by atoms with Gasteiger partial charge in [-0.15, -0.1) is 0 Å². The predicted molar refractivity (Wildman–Crippen MR) is 77.8 cm³/mol. The third-order valence-corrected chi connectivity index (χ3v) is 5.92. The van der Waals surface area contributed by atoms with Gasteiger partial charge in [0, 0.05) is 0 Å². The molecule has 0 spiro atoms. The van der Waals surface area contributed by atoms with Crippen LogP contribution in [0.1, 0.15) is 11.1 Å². The third-order valence-electron chi connectivity index (χ3n) is 2.83. The summed E-state index contributed by atoms with van der Waals surface area (Å²) in [6.07, 6.45) is 0. The number of rotatable bonds is 4. The van der Waals surface area contributed by atoms with Gasteiger partial charge < -0.3 is 0 Å². The van der Waals surface area contributed by atoms with Crippen molar-refractivity contribution in [2.45, 2.75) is 18.6 Å². The Hall–Kier alpha value is -1.05. The fraction of sp³-hybridized carbons (Fsp3) is 0.200. The lowest BCUT2D eigenvalue weighted by Gasteiger charge is -2.19. The fourth-order valence-electron chi connectivity index (χ4n) is 2.11. The minimum Gasteiger partial charge on any atom is -0.167 e. The molecule has 0 saturated carbocycles. The van der Waals surface area contributed by atoms with Crippen molar-refractivity contribution in [2.75, 3.05) is 0 Å². The van der Waals surface area contributed by atoms with Gasteiger partial charge in [-0.05, 0) is 23.2 Å². The van der Waals surface area contributed by atoms with Gasteiger partial charge in [0.2, 0.25) is 0 Å². The molecule has 88 valence electrons. The zero-order valence-corrected chi connectivity index (χ0v) is 11.8. The SMILES string of the molecule is C[Si](Cl)(Cc1ccccc1)Cc1ccccc1. The van der Waals surface area contributed by atoms with Crippen LogP contribution in [0.25, 0.3) is 0 Å². The molecule has 0 unspecified atom stereocenters. The van der Waals surface area contributed by atoms with Gasteiger partial charge in [0.15, 0.2) is 7.38 Å². The lowest BCUT2D eigenvalue weighted by Crippen LogP contribution is -2.30. The van der Waals surface area contributed by atoms with Crippen molar-refractivity contribution in [3.63, 3.8) is 0 Å². The van der Waals surface area contributed by atoms with Crippen LogP contribution in [0.15, 0.2) is 60.7 Å². The van der Waals surface area contributed by atoms with E-state index in [0.717, 1.165) is 12.1 Å². The Bertz CT molecular complexity index is 407. The summed E-state index contributed by atoms with van der Waals surface area (Å²) in [6.45, 7) is 2.24. The monoisotopic (exact) mass is 260 g/mol. The van der Waals surface area contributed by atoms with Crippen LogP contribution in [0.5, 0.6) is 0 Å². The van der Waals surface area contributed by atoms with Crippen LogP contribution in [0.4, 0.5) is 0 Å². The van der Waals surface area contributed by atoms with E-state index in [1.54, 1.807) is 0 Å². The minimum atomic E-state index is -1.71. The standard InChI is InChI=1S/C15H17ClSi/c1-17(16,12-14-8-4-2-5-9-14)13-15-10-6-3-7-11-15/h2-11H,12-13H2,1H3. The first-order chi connectivity index (χ1) is 8.16. The van der Waals surface area contributed by atoms with E-state index < -0.39 is 7.38 Å². The normalized spacial score (nSPS) is 11.4. The second kappa shape index (κ2) is 5.52. The lowest BCUT2D eigenvalue weighted by atomic mass is 10.2. The van der Waals surface area contributed by atoms with Gasteiger partial charge in [0.05, 0.1) is 0 Å². The molecule has 0 aliphatic heterocycles. The summed E-state index contributed by atoms with van der Waals surface area (Å²) in [7, 11) is -1.71. The maximum atomic E-state index is 6.74. The highest BCUT2D eigenvalue weighted by Gasteiger charge is 2.25. The van der Waals surface area contributed by atoms with Crippen LogP contribution in [0, 0.1) is 0 Å². The van der Waals surface area contributed by atoms with Crippen molar-refractivity contribution in [1.82, 2.24) is 0 Å². The maximum Gasteiger partial charge on any atom is 0.162 e. The Kier molecular flexibility index (Phi) is 4.03. The van der Waals surface area contributed by atoms with Crippen molar-refractivity contribution in [2.24, 2.45) is 0 Å². The summed E-state index contributed by atoms with van der Waals surface area (Å²) in [5.74, 6) is 0. The molecule has 17 heavy (non-hydrogen) atoms. The zero-order valence-electron chi connectivity index (χ0n) is 10.1. The Morgan fingerprint density at radius 3 is 1.47 bits per heavy atom. The van der Waals surface area contributed by atoms with E-state index in [-0.39, 0.29) is 0 Å². The summed E-state index contributed by atoms with van der Waals surface area (Å²) in [5.41, 5.74) is 2.71. The smallest absolute Gasteiger partial charge is 0.162 e. The second-order valence-corrected chi connectivity index (χ2v) is 11.0. The Morgan fingerprint density at radius 2 is 1.12 bits per heavy atom. The fourth-order valence-corrected chi connectivity index (χ4v) is 5.33. The minimum absolute atomic E-state index is 1.03. The molecule has 0 saturated heterocycles. The molecule has 2 heteroatoms. The van der Waals surface area contributed by atoms with Gasteiger partial charge in [-0.1, -0.05) is 67.2 Å². The van der Waals surface area contributed by atoms with Crippen molar-refractivity contribution >= 4 is 18.5 Å². The van der Waals surface area contributed by atoms with E-state index in [0.29, 0.717) is 0 Å². The molecule has 0 amide bonds. The first-order valence-electron chi connectivity index (χ1n) is 5.92. The number of hydrogen-bond donors (Lipinski definition) is 0. The van der Waals surface area contributed by atoms with E-state index in [1.807, 2.05) is 12.1 Å². The maximum absolute atomic E-state index is 6.74. The second-order valence-electron chi connectivity index (χ2n) is 4.74. The molecule has 0 bridgehead atoms. The first kappa shape index (κ1) is 12.4. The summed E-state index contributed by atoms with van der Waals surface area (Å²) >= 11 is 6.74. The van der Waals surface area contributed by atoms with E-state index >= 15 is 0 Å². The summed E-state index contributed by atoms with van der Waals surface area (Å²) in [4.78, 5) is 0. The Labute approximate surface area is 109 Å². The molecule has 0 nitrogen and oxygen atoms in total. The van der Waals surface area contributed by atoms with Crippen LogP contribution in [-0.2, 0) is 12.1 Å². The van der Waals surface area contributed by atoms with Crippen molar-refractivity contribution in [3.05, 3.63) is 71.8 Å². The average Bonchev–Trinajstić information content (AvgIpc) is 2.30. The lowest BCUT2D eigenvalue weighted by molar-refractivity contribution is 1.25. The van der Waals surface area contributed by atoms with Crippen molar-refractivity contribution < 1.29 is 0 Å². The zero-order chi connectivity index (χ0) is 12.1. The predicted octanol–water partition coefficient (Wildman–Crippen LogP) is 4.36. The molecule has 0 aromatic heterocycles. The topological polar surface area (TPSA) is 0 Å². The highest BCUT2D eigenvalue weighted by molar-refractivity contribution is 7.18. The number of halogens is 1. The average molecular weight is 261 g/mol. The largest absolute Gasteiger partial charge is 0.167 e. The molecule has 0 aliphatic rings. The van der Waals surface area contributed by atoms with E-state index in [1.165, 1.54) is 11.1 Å². The van der Waals surface area contributed by atoms with Gasteiger partial charge in [0.1, 0.15) is 0 Å². The van der Waals surface area contributed by atoms with E-state index in [2.05, 4.69) is 55.1 Å². The van der Waals surface area contributed by atoms with E-state index in [9.17, 15) is 0 Å². The van der Waals surface area contributed by atoms with Crippen molar-refractivity contribution in [1.29, 1.82) is 0 Å². The molecule has 2 rings (SSSR count). The van der Waals surface area contributed by atoms with Gasteiger partial charge in [-0.3, -0.25) is 0 Å². The number of benzene rings is 2. The molecule has 0 atom stereocenters. The molecular formula is C15H17ClSi. The van der Waals surface area contributed by atoms with Crippen LogP contribution < -0.4 is 0 Å². The first-order valence-corrected chi connectivity index (χ1v) is 9.85. The third kappa shape index (κ3) is 4.03. The summed E-state index contributed by atoms with van der Waals surface area (Å²) < 4.78 is 0. The van der Waals surface area contributed by atoms with Crippen LogP contribution in [0.3, 0.4) is 0 Å². The van der Waals surface area contributed by atoms with Gasteiger partial charge in [-0.2, -0.15) is 11.1 Å². The molecule has 2 aromatic rings. The van der Waals surface area contributed by atoms with Crippen LogP contribution in [0.2, 0.25) is 6.55 Å². The van der Waals surface area contributed by atoms with Gasteiger partial charge in [0.25, 0.3) is 0 Å². The Morgan fingerprint density at radius 1 is 0.765 bits per heavy atom. The highest BCUT2D eigenvalue weighted by Crippen LogP contribution is 2.21. The van der Waals surface area contributed by atoms with Crippen molar-refractivity contribution in [3.8, 4) is 0 Å². The van der Waals surface area contributed by atoms with Crippen LogP contribution >= 0.6 is 11.1 Å². The molecule has 0 radical (unpaired) electrons. The molecule has 0 heterocycles. The van der Waals surface area contributed by atoms with Gasteiger partial charge in [-0.25, -0.2) is 0 Å². The summed E-state index contributed by atoms with van der Waals surface area (Å²) in [5, 5.41) is 0. The molecule has 0 N–H and O–H groups in total. The molecule has 2 aromatic carbocycles. The van der Waals surface area contributed by atoms with E-state index in [4.69, 9.17) is 11.1 Å². The Balaban J connectivity index is 2.04. The molecule has 0 aliphatic carbocycles. The van der Waals surface area contributed by atoms with Gasteiger partial charge >= 0.3 is 0 Å². The quantitative estimate of drug-likeness (QED) is 0.566. The molecule has 0 fully saturated rings. The highest BCUT2D eigenvalue weighted by atomic mass is 35.6. The summed E-state index contributed by atoms with van der Waals surface area (Å²) in [6, 6.07) is 23.2. The number of hydrogen-bond acceptors (Lipinski definition) is 0. The van der Waals surface area contributed by atoms with Crippen LogP contribution in [-0.4, -0.2) is 7.38 Å². The molecular weight excluding hydrogens is 244 g/mol.